The molecule has 0 unspecified atom stereocenters. The Morgan fingerprint density at radius 1 is 1.06 bits per heavy atom. The van der Waals surface area contributed by atoms with Gasteiger partial charge in [-0.2, -0.15) is 0 Å². The smallest absolute Gasteiger partial charge is 0.115 e. The lowest BCUT2D eigenvalue weighted by molar-refractivity contribution is 0.282. The molecule has 0 atom stereocenters. The fraction of sp³-hybridized carbons (Fsp3) is 0.0769. The third-order valence-electron chi connectivity index (χ3n) is 2.38. The Bertz CT molecular complexity index is 511. The maximum absolute atomic E-state index is 9.23. The molecule has 3 N–H and O–H groups in total. The Kier molecular flexibility index (Phi) is 3.52. The van der Waals surface area contributed by atoms with Crippen molar-refractivity contribution in [1.29, 1.82) is 0 Å². The van der Waals surface area contributed by atoms with Crippen LogP contribution >= 0.6 is 11.6 Å². The van der Waals surface area contributed by atoms with E-state index in [0.717, 1.165) is 16.9 Å². The molecule has 4 heteroatoms. The summed E-state index contributed by atoms with van der Waals surface area (Å²) in [5.41, 5.74) is 2.35. The summed E-state index contributed by atoms with van der Waals surface area (Å²) in [6.07, 6.45) is 0. The molecule has 3 nitrogen and oxygen atoms in total. The van der Waals surface area contributed by atoms with E-state index in [1.165, 1.54) is 0 Å². The van der Waals surface area contributed by atoms with Crippen LogP contribution in [0.2, 0.25) is 5.02 Å². The molecule has 88 valence electrons. The lowest BCUT2D eigenvalue weighted by Crippen LogP contribution is -1.95. The summed E-state index contributed by atoms with van der Waals surface area (Å²) in [6, 6.07) is 12.0. The quantitative estimate of drug-likeness (QED) is 0.732. The molecule has 0 heterocycles. The topological polar surface area (TPSA) is 52.5 Å². The molecule has 0 fully saturated rings. The summed E-state index contributed by atoms with van der Waals surface area (Å²) >= 11 is 5.85. The van der Waals surface area contributed by atoms with Gasteiger partial charge in [-0.15, -0.1) is 0 Å². The highest BCUT2D eigenvalue weighted by Crippen LogP contribution is 2.25. The van der Waals surface area contributed by atoms with Crippen LogP contribution in [0.25, 0.3) is 0 Å². The lowest BCUT2D eigenvalue weighted by atomic mass is 10.2. The predicted octanol–water partition coefficient (Wildman–Crippen LogP) is 3.28. The van der Waals surface area contributed by atoms with Crippen molar-refractivity contribution in [2.24, 2.45) is 0 Å². The minimum atomic E-state index is -0.0824. The van der Waals surface area contributed by atoms with E-state index in [1.807, 2.05) is 0 Å². The van der Waals surface area contributed by atoms with Gasteiger partial charge in [-0.05, 0) is 42.5 Å². The molecule has 0 saturated heterocycles. The Labute approximate surface area is 104 Å². The molecule has 0 saturated carbocycles. The van der Waals surface area contributed by atoms with Gasteiger partial charge in [-0.25, -0.2) is 0 Å². The van der Waals surface area contributed by atoms with E-state index < -0.39 is 0 Å². The normalized spacial score (nSPS) is 10.2. The third kappa shape index (κ3) is 2.90. The first-order chi connectivity index (χ1) is 8.19. The largest absolute Gasteiger partial charge is 0.508 e. The average Bonchev–Trinajstić information content (AvgIpc) is 2.34. The minimum absolute atomic E-state index is 0.0824. The van der Waals surface area contributed by atoms with Crippen molar-refractivity contribution < 1.29 is 10.2 Å². The number of hydrogen-bond donors (Lipinski definition) is 3. The van der Waals surface area contributed by atoms with Crippen molar-refractivity contribution in [3.8, 4) is 5.75 Å². The monoisotopic (exact) mass is 249 g/mol. The summed E-state index contributed by atoms with van der Waals surface area (Å²) in [5, 5.41) is 22.1. The fourth-order valence-corrected chi connectivity index (χ4v) is 1.71. The number of aromatic hydroxyl groups is 1. The maximum Gasteiger partial charge on any atom is 0.115 e. The van der Waals surface area contributed by atoms with Gasteiger partial charge in [0.2, 0.25) is 0 Å². The van der Waals surface area contributed by atoms with Gasteiger partial charge in [-0.1, -0.05) is 11.6 Å². The number of hydrogen-bond acceptors (Lipinski definition) is 3. The summed E-state index contributed by atoms with van der Waals surface area (Å²) in [6.45, 7) is -0.0824. The Hall–Kier alpha value is -1.71. The Morgan fingerprint density at radius 2 is 1.76 bits per heavy atom. The molecule has 0 aromatic heterocycles. The molecule has 0 bridgehead atoms. The van der Waals surface area contributed by atoms with Crippen LogP contribution in [0.5, 0.6) is 5.75 Å². The third-order valence-corrected chi connectivity index (χ3v) is 2.62. The van der Waals surface area contributed by atoms with Crippen LogP contribution < -0.4 is 5.32 Å². The van der Waals surface area contributed by atoms with Gasteiger partial charge in [0.1, 0.15) is 5.75 Å². The Morgan fingerprint density at radius 3 is 2.41 bits per heavy atom. The average molecular weight is 250 g/mol. The van der Waals surface area contributed by atoms with Gasteiger partial charge in [0.15, 0.2) is 0 Å². The van der Waals surface area contributed by atoms with E-state index >= 15 is 0 Å². The molecule has 2 aromatic rings. The molecule has 2 aromatic carbocycles. The molecule has 0 spiro atoms. The van der Waals surface area contributed by atoms with Crippen LogP contribution in [-0.2, 0) is 6.61 Å². The second kappa shape index (κ2) is 5.08. The number of aliphatic hydroxyl groups is 1. The number of phenolic OH excluding ortho intramolecular Hbond substituents is 1. The van der Waals surface area contributed by atoms with Crippen LogP contribution in [0.3, 0.4) is 0 Å². The Balaban J connectivity index is 2.26. The molecule has 0 radical (unpaired) electrons. The van der Waals surface area contributed by atoms with Crippen LogP contribution in [0.15, 0.2) is 42.5 Å². The molecular weight excluding hydrogens is 238 g/mol. The number of halogens is 1. The van der Waals surface area contributed by atoms with Crippen molar-refractivity contribution in [2.75, 3.05) is 5.32 Å². The summed E-state index contributed by atoms with van der Waals surface area (Å²) in [5.74, 6) is 0.217. The minimum Gasteiger partial charge on any atom is -0.508 e. The summed E-state index contributed by atoms with van der Waals surface area (Å²) < 4.78 is 0. The van der Waals surface area contributed by atoms with Gasteiger partial charge in [0.25, 0.3) is 0 Å². The van der Waals surface area contributed by atoms with Crippen molar-refractivity contribution in [1.82, 2.24) is 0 Å². The van der Waals surface area contributed by atoms with Gasteiger partial charge in [0, 0.05) is 22.0 Å². The van der Waals surface area contributed by atoms with E-state index in [9.17, 15) is 10.2 Å². The van der Waals surface area contributed by atoms with Crippen molar-refractivity contribution in [2.45, 2.75) is 6.61 Å². The molecule has 0 aliphatic rings. The molecule has 17 heavy (non-hydrogen) atoms. The van der Waals surface area contributed by atoms with Crippen molar-refractivity contribution in [3.63, 3.8) is 0 Å². The van der Waals surface area contributed by atoms with Crippen LogP contribution in [0, 0.1) is 0 Å². The highest BCUT2D eigenvalue weighted by atomic mass is 35.5. The highest BCUT2D eigenvalue weighted by Gasteiger charge is 2.03. The second-order valence-electron chi connectivity index (χ2n) is 3.63. The SMILES string of the molecule is OCc1cc(Cl)ccc1Nc1ccc(O)cc1. The molecule has 0 amide bonds. The maximum atomic E-state index is 9.23. The standard InChI is InChI=1S/C13H12ClNO2/c14-10-1-6-13(9(7-10)8-16)15-11-2-4-12(17)5-3-11/h1-7,15-17H,8H2. The van der Waals surface area contributed by atoms with E-state index in [2.05, 4.69) is 5.32 Å². The predicted molar refractivity (Wildman–Crippen MR) is 68.8 cm³/mol. The van der Waals surface area contributed by atoms with Crippen LogP contribution in [0.4, 0.5) is 11.4 Å². The second-order valence-corrected chi connectivity index (χ2v) is 4.07. The number of nitrogens with one attached hydrogen (secondary N) is 1. The number of anilines is 2. The molecular formula is C13H12ClNO2. The number of rotatable bonds is 3. The first-order valence-corrected chi connectivity index (χ1v) is 5.52. The van der Waals surface area contributed by atoms with Crippen LogP contribution in [-0.4, -0.2) is 10.2 Å². The van der Waals surface area contributed by atoms with E-state index in [0.29, 0.717) is 5.02 Å². The van der Waals surface area contributed by atoms with E-state index in [-0.39, 0.29) is 12.4 Å². The molecule has 0 aliphatic heterocycles. The van der Waals surface area contributed by atoms with Gasteiger partial charge >= 0.3 is 0 Å². The van der Waals surface area contributed by atoms with Crippen molar-refractivity contribution in [3.05, 3.63) is 53.1 Å². The fourth-order valence-electron chi connectivity index (χ4n) is 1.52. The summed E-state index contributed by atoms with van der Waals surface area (Å²) in [4.78, 5) is 0. The first kappa shape index (κ1) is 11.8. The number of phenols is 1. The highest BCUT2D eigenvalue weighted by molar-refractivity contribution is 6.30. The zero-order chi connectivity index (χ0) is 12.3. The van der Waals surface area contributed by atoms with Gasteiger partial charge < -0.3 is 15.5 Å². The zero-order valence-corrected chi connectivity index (χ0v) is 9.78. The van der Waals surface area contributed by atoms with Gasteiger partial charge in [-0.3, -0.25) is 0 Å². The number of aliphatic hydroxyl groups excluding tert-OH is 1. The molecule has 0 aliphatic carbocycles. The number of benzene rings is 2. The zero-order valence-electron chi connectivity index (χ0n) is 9.02. The molecule has 2 rings (SSSR count). The van der Waals surface area contributed by atoms with E-state index in [4.69, 9.17) is 11.6 Å². The van der Waals surface area contributed by atoms with Crippen LogP contribution in [0.1, 0.15) is 5.56 Å². The first-order valence-electron chi connectivity index (χ1n) is 5.14. The lowest BCUT2D eigenvalue weighted by Gasteiger charge is -2.11. The summed E-state index contributed by atoms with van der Waals surface area (Å²) in [7, 11) is 0. The van der Waals surface area contributed by atoms with Gasteiger partial charge in [0.05, 0.1) is 6.61 Å². The van der Waals surface area contributed by atoms with E-state index in [1.54, 1.807) is 42.5 Å². The van der Waals surface area contributed by atoms with Crippen molar-refractivity contribution >= 4 is 23.0 Å².